The number of aliphatic hydroxyl groups excluding tert-OH is 1. The average molecular weight is 221 g/mol. The Morgan fingerprint density at radius 2 is 2.31 bits per heavy atom. The molecule has 0 aromatic heterocycles. The average Bonchev–Trinajstić information content (AvgIpc) is 2.30. The number of benzene rings is 1. The van der Waals surface area contributed by atoms with Gasteiger partial charge in [0.1, 0.15) is 5.75 Å². The number of fused-ring (bicyclic) bond motifs is 1. The summed E-state index contributed by atoms with van der Waals surface area (Å²) >= 11 is 0. The molecular formula is C13H19NO2. The van der Waals surface area contributed by atoms with Crippen molar-refractivity contribution in [2.45, 2.75) is 31.7 Å². The highest BCUT2D eigenvalue weighted by Crippen LogP contribution is 2.30. The van der Waals surface area contributed by atoms with Crippen LogP contribution in [0.1, 0.15) is 36.4 Å². The molecule has 3 N–H and O–H groups in total. The van der Waals surface area contributed by atoms with Gasteiger partial charge in [-0.05, 0) is 42.5 Å². The van der Waals surface area contributed by atoms with Crippen LogP contribution in [0.15, 0.2) is 18.2 Å². The minimum Gasteiger partial charge on any atom is -0.493 e. The summed E-state index contributed by atoms with van der Waals surface area (Å²) in [5, 5.41) is 8.68. The van der Waals surface area contributed by atoms with Crippen molar-refractivity contribution in [3.63, 3.8) is 0 Å². The number of nitrogens with two attached hydrogens (primary N) is 1. The van der Waals surface area contributed by atoms with E-state index in [1.807, 2.05) is 6.07 Å². The minimum atomic E-state index is 0.158. The number of hydrogen-bond acceptors (Lipinski definition) is 3. The van der Waals surface area contributed by atoms with Crippen LogP contribution >= 0.6 is 0 Å². The van der Waals surface area contributed by atoms with Crippen LogP contribution in [0.25, 0.3) is 0 Å². The molecule has 3 heteroatoms. The van der Waals surface area contributed by atoms with Gasteiger partial charge in [-0.3, -0.25) is 0 Å². The van der Waals surface area contributed by atoms with Gasteiger partial charge < -0.3 is 15.6 Å². The first-order valence-corrected chi connectivity index (χ1v) is 5.93. The Labute approximate surface area is 96.2 Å². The molecule has 0 radical (unpaired) electrons. The standard InChI is InChI=1S/C13H19NO2/c14-13-4-1-3-10-5-6-11(9-12(10)13)16-8-2-7-15/h5-6,9,13,15H,1-4,7-8,14H2. The van der Waals surface area contributed by atoms with Crippen molar-refractivity contribution in [2.24, 2.45) is 5.73 Å². The van der Waals surface area contributed by atoms with Gasteiger partial charge >= 0.3 is 0 Å². The number of aliphatic hydroxyl groups is 1. The number of ether oxygens (including phenoxy) is 1. The van der Waals surface area contributed by atoms with Crippen LogP contribution in [0, 0.1) is 0 Å². The van der Waals surface area contributed by atoms with E-state index < -0.39 is 0 Å². The third-order valence-electron chi connectivity index (χ3n) is 3.05. The number of aryl methyl sites for hydroxylation is 1. The van der Waals surface area contributed by atoms with Crippen molar-refractivity contribution in [3.05, 3.63) is 29.3 Å². The summed E-state index contributed by atoms with van der Waals surface area (Å²) in [6, 6.07) is 6.32. The molecule has 0 saturated heterocycles. The highest BCUT2D eigenvalue weighted by molar-refractivity contribution is 5.39. The first-order valence-electron chi connectivity index (χ1n) is 5.93. The molecule has 0 fully saturated rings. The first kappa shape index (κ1) is 11.4. The van der Waals surface area contributed by atoms with Crippen LogP contribution in [0.4, 0.5) is 0 Å². The van der Waals surface area contributed by atoms with Crippen molar-refractivity contribution in [1.29, 1.82) is 0 Å². The van der Waals surface area contributed by atoms with Crippen molar-refractivity contribution in [2.75, 3.05) is 13.2 Å². The third-order valence-corrected chi connectivity index (χ3v) is 3.05. The predicted molar refractivity (Wildman–Crippen MR) is 63.5 cm³/mol. The lowest BCUT2D eigenvalue weighted by molar-refractivity contribution is 0.233. The molecule has 3 nitrogen and oxygen atoms in total. The van der Waals surface area contributed by atoms with Crippen LogP contribution in [0.3, 0.4) is 0 Å². The fraction of sp³-hybridized carbons (Fsp3) is 0.538. The summed E-state index contributed by atoms with van der Waals surface area (Å²) in [6.07, 6.45) is 4.04. The molecule has 1 aliphatic carbocycles. The third kappa shape index (κ3) is 2.54. The van der Waals surface area contributed by atoms with E-state index in [2.05, 4.69) is 12.1 Å². The Bertz CT molecular complexity index is 352. The smallest absolute Gasteiger partial charge is 0.119 e. The Hall–Kier alpha value is -1.06. The summed E-state index contributed by atoms with van der Waals surface area (Å²) in [6.45, 7) is 0.731. The molecule has 0 saturated carbocycles. The zero-order valence-corrected chi connectivity index (χ0v) is 9.48. The molecule has 0 spiro atoms. The highest BCUT2D eigenvalue weighted by atomic mass is 16.5. The molecule has 0 aliphatic heterocycles. The second-order valence-corrected chi connectivity index (χ2v) is 4.28. The number of hydrogen-bond donors (Lipinski definition) is 2. The van der Waals surface area contributed by atoms with E-state index in [-0.39, 0.29) is 12.6 Å². The van der Waals surface area contributed by atoms with E-state index in [0.717, 1.165) is 18.6 Å². The maximum atomic E-state index is 8.68. The van der Waals surface area contributed by atoms with Crippen molar-refractivity contribution in [3.8, 4) is 5.75 Å². The van der Waals surface area contributed by atoms with Gasteiger partial charge in [-0.15, -0.1) is 0 Å². The molecule has 0 heterocycles. The summed E-state index contributed by atoms with van der Waals surface area (Å²) < 4.78 is 5.55. The Morgan fingerprint density at radius 3 is 3.12 bits per heavy atom. The van der Waals surface area contributed by atoms with Gasteiger partial charge in [-0.1, -0.05) is 6.07 Å². The summed E-state index contributed by atoms with van der Waals surface area (Å²) in [4.78, 5) is 0. The van der Waals surface area contributed by atoms with Crippen LogP contribution < -0.4 is 10.5 Å². The summed E-state index contributed by atoms with van der Waals surface area (Å²) in [7, 11) is 0. The maximum Gasteiger partial charge on any atom is 0.119 e. The molecular weight excluding hydrogens is 202 g/mol. The van der Waals surface area contributed by atoms with Gasteiger partial charge in [0, 0.05) is 19.1 Å². The minimum absolute atomic E-state index is 0.158. The molecule has 1 aliphatic rings. The number of rotatable bonds is 4. The molecule has 16 heavy (non-hydrogen) atoms. The molecule has 88 valence electrons. The zero-order chi connectivity index (χ0) is 11.4. The van der Waals surface area contributed by atoms with E-state index in [4.69, 9.17) is 15.6 Å². The van der Waals surface area contributed by atoms with Gasteiger partial charge in [0.2, 0.25) is 0 Å². The van der Waals surface area contributed by atoms with E-state index >= 15 is 0 Å². The van der Waals surface area contributed by atoms with Gasteiger partial charge in [0.05, 0.1) is 6.61 Å². The van der Waals surface area contributed by atoms with Crippen molar-refractivity contribution in [1.82, 2.24) is 0 Å². The molecule has 1 unspecified atom stereocenters. The highest BCUT2D eigenvalue weighted by Gasteiger charge is 2.16. The Balaban J connectivity index is 2.08. The molecule has 2 rings (SSSR count). The Kier molecular flexibility index (Phi) is 3.80. The predicted octanol–water partition coefficient (Wildman–Crippen LogP) is 1.78. The van der Waals surface area contributed by atoms with E-state index in [0.29, 0.717) is 13.0 Å². The van der Waals surface area contributed by atoms with Crippen LogP contribution in [-0.2, 0) is 6.42 Å². The van der Waals surface area contributed by atoms with E-state index in [1.165, 1.54) is 17.5 Å². The fourth-order valence-electron chi connectivity index (χ4n) is 2.16. The van der Waals surface area contributed by atoms with Gasteiger partial charge in [0.25, 0.3) is 0 Å². The second-order valence-electron chi connectivity index (χ2n) is 4.28. The van der Waals surface area contributed by atoms with Gasteiger partial charge in [-0.25, -0.2) is 0 Å². The maximum absolute atomic E-state index is 8.68. The lowest BCUT2D eigenvalue weighted by atomic mass is 9.88. The summed E-state index contributed by atoms with van der Waals surface area (Å²) in [5.41, 5.74) is 8.66. The largest absolute Gasteiger partial charge is 0.493 e. The van der Waals surface area contributed by atoms with E-state index in [9.17, 15) is 0 Å². The van der Waals surface area contributed by atoms with E-state index in [1.54, 1.807) is 0 Å². The van der Waals surface area contributed by atoms with Crippen LogP contribution in [-0.4, -0.2) is 18.3 Å². The van der Waals surface area contributed by atoms with Gasteiger partial charge in [0.15, 0.2) is 0 Å². The molecule has 1 atom stereocenters. The normalized spacial score (nSPS) is 19.2. The van der Waals surface area contributed by atoms with Gasteiger partial charge in [-0.2, -0.15) is 0 Å². The molecule has 0 amide bonds. The lowest BCUT2D eigenvalue weighted by Crippen LogP contribution is -2.17. The quantitative estimate of drug-likeness (QED) is 0.762. The second kappa shape index (κ2) is 5.32. The molecule has 0 bridgehead atoms. The zero-order valence-electron chi connectivity index (χ0n) is 9.48. The van der Waals surface area contributed by atoms with Crippen molar-refractivity contribution >= 4 is 0 Å². The first-order chi connectivity index (χ1) is 7.81. The van der Waals surface area contributed by atoms with Crippen molar-refractivity contribution < 1.29 is 9.84 Å². The fourth-order valence-corrected chi connectivity index (χ4v) is 2.16. The lowest BCUT2D eigenvalue weighted by Gasteiger charge is -2.22. The van der Waals surface area contributed by atoms with Crippen LogP contribution in [0.2, 0.25) is 0 Å². The monoisotopic (exact) mass is 221 g/mol. The SMILES string of the molecule is NC1CCCc2ccc(OCCCO)cc21. The summed E-state index contributed by atoms with van der Waals surface area (Å²) in [5.74, 6) is 0.865. The topological polar surface area (TPSA) is 55.5 Å². The molecule has 1 aromatic rings. The molecule has 1 aromatic carbocycles. The Morgan fingerprint density at radius 1 is 1.44 bits per heavy atom. The van der Waals surface area contributed by atoms with Crippen LogP contribution in [0.5, 0.6) is 5.75 Å².